The van der Waals surface area contributed by atoms with Gasteiger partial charge in [-0.05, 0) is 25.4 Å². The molecule has 0 spiro atoms. The minimum atomic E-state index is 0.122. The standard InChI is InChI=1S/C11H23N3O/c1-11(5-6-13-8-11)9-14(3)7-4-10(15)12-2/h13H,4-9H2,1-3H3,(H,12,15). The molecule has 1 atom stereocenters. The number of hydrogen-bond acceptors (Lipinski definition) is 3. The lowest BCUT2D eigenvalue weighted by atomic mass is 9.89. The normalized spacial score (nSPS) is 25.9. The number of amides is 1. The molecule has 0 aliphatic carbocycles. The van der Waals surface area contributed by atoms with E-state index in [1.807, 2.05) is 0 Å². The molecule has 0 saturated carbocycles. The molecule has 1 fully saturated rings. The van der Waals surface area contributed by atoms with E-state index in [0.29, 0.717) is 11.8 Å². The van der Waals surface area contributed by atoms with Crippen molar-refractivity contribution in [2.75, 3.05) is 40.3 Å². The minimum absolute atomic E-state index is 0.122. The maximum Gasteiger partial charge on any atom is 0.221 e. The number of rotatable bonds is 5. The molecule has 0 bridgehead atoms. The van der Waals surface area contributed by atoms with Crippen molar-refractivity contribution in [1.29, 1.82) is 0 Å². The topological polar surface area (TPSA) is 44.4 Å². The highest BCUT2D eigenvalue weighted by molar-refractivity contribution is 5.75. The Morgan fingerprint density at radius 3 is 2.87 bits per heavy atom. The van der Waals surface area contributed by atoms with Gasteiger partial charge in [0.05, 0.1) is 0 Å². The van der Waals surface area contributed by atoms with Crippen molar-refractivity contribution in [2.24, 2.45) is 5.41 Å². The lowest BCUT2D eigenvalue weighted by Crippen LogP contribution is -2.36. The number of nitrogens with zero attached hydrogens (tertiary/aromatic N) is 1. The van der Waals surface area contributed by atoms with Crippen molar-refractivity contribution in [1.82, 2.24) is 15.5 Å². The maximum absolute atomic E-state index is 11.1. The molecule has 2 N–H and O–H groups in total. The first-order valence-corrected chi connectivity index (χ1v) is 5.66. The van der Waals surface area contributed by atoms with E-state index in [1.165, 1.54) is 6.42 Å². The predicted molar refractivity (Wildman–Crippen MR) is 61.8 cm³/mol. The van der Waals surface area contributed by atoms with Crippen LogP contribution in [0.4, 0.5) is 0 Å². The van der Waals surface area contributed by atoms with E-state index in [9.17, 15) is 4.79 Å². The molecule has 1 unspecified atom stereocenters. The van der Waals surface area contributed by atoms with E-state index in [4.69, 9.17) is 0 Å². The highest BCUT2D eigenvalue weighted by Gasteiger charge is 2.29. The molecule has 88 valence electrons. The van der Waals surface area contributed by atoms with Gasteiger partial charge in [-0.15, -0.1) is 0 Å². The largest absolute Gasteiger partial charge is 0.359 e. The van der Waals surface area contributed by atoms with E-state index in [-0.39, 0.29) is 5.91 Å². The zero-order chi connectivity index (χ0) is 11.3. The van der Waals surface area contributed by atoms with Gasteiger partial charge in [0.25, 0.3) is 0 Å². The number of hydrogen-bond donors (Lipinski definition) is 2. The van der Waals surface area contributed by atoms with Crippen LogP contribution in [0.5, 0.6) is 0 Å². The summed E-state index contributed by atoms with van der Waals surface area (Å²) in [5.41, 5.74) is 0.386. The first-order chi connectivity index (χ1) is 7.06. The summed E-state index contributed by atoms with van der Waals surface area (Å²) < 4.78 is 0. The molecule has 0 radical (unpaired) electrons. The van der Waals surface area contributed by atoms with Crippen molar-refractivity contribution >= 4 is 5.91 Å². The van der Waals surface area contributed by atoms with Crippen LogP contribution >= 0.6 is 0 Å². The van der Waals surface area contributed by atoms with Gasteiger partial charge >= 0.3 is 0 Å². The summed E-state index contributed by atoms with van der Waals surface area (Å²) in [5, 5.41) is 6.03. The van der Waals surface area contributed by atoms with Crippen LogP contribution in [0.25, 0.3) is 0 Å². The van der Waals surface area contributed by atoms with Gasteiger partial charge in [-0.2, -0.15) is 0 Å². The first-order valence-electron chi connectivity index (χ1n) is 5.66. The maximum atomic E-state index is 11.1. The summed E-state index contributed by atoms with van der Waals surface area (Å²) in [6.45, 7) is 6.44. The molecule has 0 aromatic heterocycles. The van der Waals surface area contributed by atoms with Crippen molar-refractivity contribution < 1.29 is 4.79 Å². The van der Waals surface area contributed by atoms with E-state index in [1.54, 1.807) is 7.05 Å². The highest BCUT2D eigenvalue weighted by Crippen LogP contribution is 2.25. The lowest BCUT2D eigenvalue weighted by molar-refractivity contribution is -0.120. The lowest BCUT2D eigenvalue weighted by Gasteiger charge is -2.28. The van der Waals surface area contributed by atoms with Gasteiger partial charge in [0, 0.05) is 33.1 Å². The monoisotopic (exact) mass is 213 g/mol. The second-order valence-electron chi connectivity index (χ2n) is 4.90. The van der Waals surface area contributed by atoms with Crippen LogP contribution in [0.1, 0.15) is 19.8 Å². The molecule has 1 saturated heterocycles. The molecule has 4 heteroatoms. The molecule has 15 heavy (non-hydrogen) atoms. The van der Waals surface area contributed by atoms with Crippen LogP contribution in [0, 0.1) is 5.41 Å². The zero-order valence-electron chi connectivity index (χ0n) is 10.1. The van der Waals surface area contributed by atoms with E-state index >= 15 is 0 Å². The first kappa shape index (κ1) is 12.5. The summed E-state index contributed by atoms with van der Waals surface area (Å²) in [4.78, 5) is 13.3. The fourth-order valence-electron chi connectivity index (χ4n) is 2.15. The number of carbonyl (C=O) groups is 1. The van der Waals surface area contributed by atoms with Crippen LogP contribution in [-0.2, 0) is 4.79 Å². The molecule has 1 heterocycles. The third kappa shape index (κ3) is 4.18. The molecule has 0 aromatic rings. The molecule has 1 aliphatic heterocycles. The quantitative estimate of drug-likeness (QED) is 0.678. The molecule has 1 rings (SSSR count). The second kappa shape index (κ2) is 5.47. The van der Waals surface area contributed by atoms with Gasteiger partial charge < -0.3 is 15.5 Å². The molecule has 1 amide bonds. The third-order valence-corrected chi connectivity index (χ3v) is 3.11. The van der Waals surface area contributed by atoms with Crippen LogP contribution in [0.15, 0.2) is 0 Å². The van der Waals surface area contributed by atoms with Crippen LogP contribution in [0.2, 0.25) is 0 Å². The van der Waals surface area contributed by atoms with Crippen LogP contribution < -0.4 is 10.6 Å². The summed E-state index contributed by atoms with van der Waals surface area (Å²) in [6.07, 6.45) is 1.83. The average molecular weight is 213 g/mol. The van der Waals surface area contributed by atoms with Crippen molar-refractivity contribution in [3.05, 3.63) is 0 Å². The van der Waals surface area contributed by atoms with Gasteiger partial charge in [0.15, 0.2) is 0 Å². The highest BCUT2D eigenvalue weighted by atomic mass is 16.1. The minimum Gasteiger partial charge on any atom is -0.359 e. The number of nitrogens with one attached hydrogen (secondary N) is 2. The Balaban J connectivity index is 2.23. The summed E-state index contributed by atoms with van der Waals surface area (Å²) in [7, 11) is 3.77. The molecular weight excluding hydrogens is 190 g/mol. The van der Waals surface area contributed by atoms with E-state index < -0.39 is 0 Å². The van der Waals surface area contributed by atoms with Crippen molar-refractivity contribution in [3.63, 3.8) is 0 Å². The molecule has 0 aromatic carbocycles. The Hall–Kier alpha value is -0.610. The Morgan fingerprint density at radius 1 is 1.60 bits per heavy atom. The van der Waals surface area contributed by atoms with Gasteiger partial charge in [-0.3, -0.25) is 4.79 Å². The predicted octanol–water partition coefficient (Wildman–Crippen LogP) is 0.0539. The second-order valence-corrected chi connectivity index (χ2v) is 4.90. The molecular formula is C11H23N3O. The van der Waals surface area contributed by atoms with E-state index in [0.717, 1.165) is 26.2 Å². The average Bonchev–Trinajstić information content (AvgIpc) is 2.61. The smallest absolute Gasteiger partial charge is 0.221 e. The fourth-order valence-corrected chi connectivity index (χ4v) is 2.15. The van der Waals surface area contributed by atoms with Gasteiger partial charge in [-0.25, -0.2) is 0 Å². The zero-order valence-corrected chi connectivity index (χ0v) is 10.1. The van der Waals surface area contributed by atoms with Gasteiger partial charge in [0.2, 0.25) is 5.91 Å². The molecule has 1 aliphatic rings. The summed E-state index contributed by atoms with van der Waals surface area (Å²) in [5.74, 6) is 0.122. The molecule has 4 nitrogen and oxygen atoms in total. The Bertz CT molecular complexity index is 212. The van der Waals surface area contributed by atoms with E-state index in [2.05, 4.69) is 29.5 Å². The Kier molecular flexibility index (Phi) is 4.54. The van der Waals surface area contributed by atoms with Gasteiger partial charge in [0.1, 0.15) is 0 Å². The number of carbonyl (C=O) groups excluding carboxylic acids is 1. The fraction of sp³-hybridized carbons (Fsp3) is 0.909. The van der Waals surface area contributed by atoms with Crippen LogP contribution in [-0.4, -0.2) is 51.1 Å². The Morgan fingerprint density at radius 2 is 2.33 bits per heavy atom. The van der Waals surface area contributed by atoms with Gasteiger partial charge in [-0.1, -0.05) is 6.92 Å². The third-order valence-electron chi connectivity index (χ3n) is 3.11. The van der Waals surface area contributed by atoms with Crippen molar-refractivity contribution in [3.8, 4) is 0 Å². The Labute approximate surface area is 92.4 Å². The van der Waals surface area contributed by atoms with Crippen molar-refractivity contribution in [2.45, 2.75) is 19.8 Å². The van der Waals surface area contributed by atoms with Crippen LogP contribution in [0.3, 0.4) is 0 Å². The SMILES string of the molecule is CNC(=O)CCN(C)CC1(C)CCNC1. The summed E-state index contributed by atoms with van der Waals surface area (Å²) >= 11 is 0. The summed E-state index contributed by atoms with van der Waals surface area (Å²) in [6, 6.07) is 0.